The van der Waals surface area contributed by atoms with Gasteiger partial charge in [-0.15, -0.1) is 0 Å². The second-order valence-corrected chi connectivity index (χ2v) is 3.13. The van der Waals surface area contributed by atoms with E-state index in [2.05, 4.69) is 0 Å². The zero-order chi connectivity index (χ0) is 12.3. The number of ether oxygens (including phenoxy) is 1. The quantitative estimate of drug-likeness (QED) is 0.572. The molecular formula is C10H12O6. The Morgan fingerprint density at radius 1 is 1.38 bits per heavy atom. The first-order valence-electron chi connectivity index (χ1n) is 4.43. The highest BCUT2D eigenvalue weighted by Crippen LogP contribution is 2.34. The summed E-state index contributed by atoms with van der Waals surface area (Å²) in [7, 11) is 1.32. The Morgan fingerprint density at radius 3 is 2.50 bits per heavy atom. The number of aliphatic hydroxyl groups is 2. The van der Waals surface area contributed by atoms with Crippen LogP contribution >= 0.6 is 0 Å². The van der Waals surface area contributed by atoms with Crippen LogP contribution in [0.4, 0.5) is 0 Å². The van der Waals surface area contributed by atoms with E-state index < -0.39 is 23.9 Å². The maximum absolute atomic E-state index is 10.5. The molecule has 2 unspecified atom stereocenters. The first-order chi connectivity index (χ1) is 7.49. The molecular weight excluding hydrogens is 216 g/mol. The minimum Gasteiger partial charge on any atom is -0.504 e. The monoisotopic (exact) mass is 228 g/mol. The molecule has 0 aliphatic carbocycles. The highest BCUT2D eigenvalue weighted by Gasteiger charge is 2.28. The van der Waals surface area contributed by atoms with Gasteiger partial charge in [0.1, 0.15) is 6.10 Å². The summed E-state index contributed by atoms with van der Waals surface area (Å²) >= 11 is 0. The van der Waals surface area contributed by atoms with E-state index in [9.17, 15) is 15.0 Å². The highest BCUT2D eigenvalue weighted by molar-refractivity contribution is 5.73. The summed E-state index contributed by atoms with van der Waals surface area (Å²) in [6, 6.07) is 4.21. The number of carboxylic acids is 1. The fraction of sp³-hybridized carbons (Fsp3) is 0.300. The van der Waals surface area contributed by atoms with Gasteiger partial charge < -0.3 is 25.2 Å². The molecule has 2 atom stereocenters. The van der Waals surface area contributed by atoms with Crippen LogP contribution in [0.25, 0.3) is 0 Å². The van der Waals surface area contributed by atoms with Crippen molar-refractivity contribution in [3.63, 3.8) is 0 Å². The Morgan fingerprint density at radius 2 is 2.00 bits per heavy atom. The first kappa shape index (κ1) is 12.3. The maximum atomic E-state index is 10.5. The summed E-state index contributed by atoms with van der Waals surface area (Å²) in [6.45, 7) is 0. The molecule has 0 spiro atoms. The van der Waals surface area contributed by atoms with E-state index in [0.717, 1.165) is 0 Å². The fourth-order valence-corrected chi connectivity index (χ4v) is 1.25. The Bertz CT molecular complexity index is 389. The van der Waals surface area contributed by atoms with Crippen molar-refractivity contribution in [2.75, 3.05) is 7.11 Å². The van der Waals surface area contributed by atoms with Crippen molar-refractivity contribution in [3.8, 4) is 11.5 Å². The van der Waals surface area contributed by atoms with Gasteiger partial charge in [0.05, 0.1) is 7.11 Å². The van der Waals surface area contributed by atoms with Gasteiger partial charge in [-0.1, -0.05) is 12.1 Å². The Labute approximate surface area is 91.3 Å². The standard InChI is InChI=1S/C10H12O6/c1-16-6-4-2-3-5(7(6)11)8(12)9(13)10(14)15/h2-4,8-9,11-13H,1H3,(H,14,15). The molecule has 0 aliphatic heterocycles. The average Bonchev–Trinajstić information content (AvgIpc) is 2.27. The molecule has 0 aromatic heterocycles. The van der Waals surface area contributed by atoms with E-state index in [1.165, 1.54) is 25.3 Å². The molecule has 1 aromatic carbocycles. The summed E-state index contributed by atoms with van der Waals surface area (Å²) in [6.07, 6.45) is -3.72. The van der Waals surface area contributed by atoms with Gasteiger partial charge in [-0.3, -0.25) is 0 Å². The molecule has 6 heteroatoms. The number of methoxy groups -OCH3 is 1. The van der Waals surface area contributed by atoms with E-state index in [-0.39, 0.29) is 11.3 Å². The van der Waals surface area contributed by atoms with Crippen LogP contribution in [0, 0.1) is 0 Å². The third-order valence-corrected chi connectivity index (χ3v) is 2.12. The molecule has 0 fully saturated rings. The van der Waals surface area contributed by atoms with E-state index in [0.29, 0.717) is 0 Å². The lowest BCUT2D eigenvalue weighted by molar-refractivity contribution is -0.153. The van der Waals surface area contributed by atoms with Gasteiger partial charge in [0.25, 0.3) is 0 Å². The topological polar surface area (TPSA) is 107 Å². The predicted octanol–water partition coefficient (Wildman–Crippen LogP) is -0.120. The van der Waals surface area contributed by atoms with Crippen LogP contribution < -0.4 is 4.74 Å². The second-order valence-electron chi connectivity index (χ2n) is 3.13. The number of phenols is 1. The zero-order valence-corrected chi connectivity index (χ0v) is 8.49. The highest BCUT2D eigenvalue weighted by atomic mass is 16.5. The summed E-state index contributed by atoms with van der Waals surface area (Å²) in [4.78, 5) is 10.5. The Hall–Kier alpha value is -1.79. The van der Waals surface area contributed by atoms with Gasteiger partial charge in [0.15, 0.2) is 17.6 Å². The van der Waals surface area contributed by atoms with Crippen molar-refractivity contribution in [2.24, 2.45) is 0 Å². The van der Waals surface area contributed by atoms with Gasteiger partial charge in [-0.05, 0) is 6.07 Å². The zero-order valence-electron chi connectivity index (χ0n) is 8.49. The van der Waals surface area contributed by atoms with Crippen LogP contribution in [0.5, 0.6) is 11.5 Å². The average molecular weight is 228 g/mol. The van der Waals surface area contributed by atoms with E-state index >= 15 is 0 Å². The van der Waals surface area contributed by atoms with Crippen molar-refractivity contribution in [1.29, 1.82) is 0 Å². The van der Waals surface area contributed by atoms with Crippen LogP contribution in [0.1, 0.15) is 11.7 Å². The minimum atomic E-state index is -2.00. The summed E-state index contributed by atoms with van der Waals surface area (Å²) in [5, 5.41) is 36.8. The number of carbonyl (C=O) groups is 1. The van der Waals surface area contributed by atoms with Crippen LogP contribution in [0.3, 0.4) is 0 Å². The van der Waals surface area contributed by atoms with Gasteiger partial charge in [-0.2, -0.15) is 0 Å². The SMILES string of the molecule is COc1cccc(C(O)C(O)C(=O)O)c1O. The normalized spacial score (nSPS) is 14.2. The number of para-hydroxylation sites is 1. The predicted molar refractivity (Wildman–Crippen MR) is 53.3 cm³/mol. The lowest BCUT2D eigenvalue weighted by Crippen LogP contribution is -2.27. The van der Waals surface area contributed by atoms with Crippen LogP contribution in [-0.4, -0.2) is 39.6 Å². The van der Waals surface area contributed by atoms with Gasteiger partial charge in [0.2, 0.25) is 0 Å². The molecule has 16 heavy (non-hydrogen) atoms. The van der Waals surface area contributed by atoms with Crippen molar-refractivity contribution < 1.29 is 30.0 Å². The number of aliphatic hydroxyl groups excluding tert-OH is 2. The largest absolute Gasteiger partial charge is 0.504 e. The summed E-state index contributed by atoms with van der Waals surface area (Å²) < 4.78 is 4.79. The second kappa shape index (κ2) is 4.82. The first-order valence-corrected chi connectivity index (χ1v) is 4.43. The van der Waals surface area contributed by atoms with Crippen LogP contribution in [0.15, 0.2) is 18.2 Å². The number of aromatic hydroxyl groups is 1. The molecule has 0 radical (unpaired) electrons. The molecule has 0 amide bonds. The third-order valence-electron chi connectivity index (χ3n) is 2.12. The maximum Gasteiger partial charge on any atom is 0.335 e. The smallest absolute Gasteiger partial charge is 0.335 e. The number of rotatable bonds is 4. The van der Waals surface area contributed by atoms with Gasteiger partial charge in [0, 0.05) is 5.56 Å². The number of hydrogen-bond acceptors (Lipinski definition) is 5. The molecule has 0 bridgehead atoms. The van der Waals surface area contributed by atoms with E-state index in [4.69, 9.17) is 14.9 Å². The molecule has 88 valence electrons. The number of hydrogen-bond donors (Lipinski definition) is 4. The van der Waals surface area contributed by atoms with E-state index in [1.807, 2.05) is 0 Å². The minimum absolute atomic E-state index is 0.0918. The lowest BCUT2D eigenvalue weighted by atomic mass is 10.0. The number of phenolic OH excluding ortho intramolecular Hbond substituents is 1. The number of benzene rings is 1. The van der Waals surface area contributed by atoms with Gasteiger partial charge in [-0.25, -0.2) is 4.79 Å². The molecule has 4 N–H and O–H groups in total. The Balaban J connectivity index is 3.08. The molecule has 0 heterocycles. The molecule has 0 saturated carbocycles. The molecule has 1 rings (SSSR count). The third kappa shape index (κ3) is 2.23. The molecule has 1 aromatic rings. The van der Waals surface area contributed by atoms with Crippen LogP contribution in [0.2, 0.25) is 0 Å². The summed E-state index contributed by atoms with van der Waals surface area (Å²) in [5.41, 5.74) is -0.103. The molecule has 0 aliphatic rings. The number of carboxylic acid groups (broad SMARTS) is 1. The Kier molecular flexibility index (Phi) is 3.70. The van der Waals surface area contributed by atoms with Crippen LogP contribution in [-0.2, 0) is 4.79 Å². The van der Waals surface area contributed by atoms with E-state index in [1.54, 1.807) is 0 Å². The number of aliphatic carboxylic acids is 1. The summed E-state index contributed by atoms with van der Waals surface area (Å²) in [5.74, 6) is -1.87. The van der Waals surface area contributed by atoms with Crippen molar-refractivity contribution >= 4 is 5.97 Å². The van der Waals surface area contributed by atoms with Crippen molar-refractivity contribution in [2.45, 2.75) is 12.2 Å². The van der Waals surface area contributed by atoms with Gasteiger partial charge >= 0.3 is 5.97 Å². The molecule has 0 saturated heterocycles. The van der Waals surface area contributed by atoms with Crippen molar-refractivity contribution in [3.05, 3.63) is 23.8 Å². The van der Waals surface area contributed by atoms with Crippen molar-refractivity contribution in [1.82, 2.24) is 0 Å². The fourth-order valence-electron chi connectivity index (χ4n) is 1.25. The molecule has 6 nitrogen and oxygen atoms in total. The lowest BCUT2D eigenvalue weighted by Gasteiger charge is -2.16.